The van der Waals surface area contributed by atoms with Gasteiger partial charge in [-0.05, 0) is 68.7 Å². The van der Waals surface area contributed by atoms with Crippen LogP contribution < -0.4 is 15.6 Å². The molecule has 9 nitrogen and oxygen atoms in total. The number of carbonyl (C=O) groups excluding carboxylic acids is 2. The number of nitrogens with one attached hydrogen (secondary N) is 2. The van der Waals surface area contributed by atoms with E-state index < -0.39 is 21.8 Å². The summed E-state index contributed by atoms with van der Waals surface area (Å²) in [6.07, 6.45) is 3.24. The van der Waals surface area contributed by atoms with Crippen LogP contribution in [0.4, 0.5) is 5.69 Å². The number of hydrogen-bond acceptors (Lipinski definition) is 6. The van der Waals surface area contributed by atoms with Gasteiger partial charge in [-0.25, -0.2) is 13.8 Å². The Balaban J connectivity index is 1.47. The molecule has 0 bridgehead atoms. The van der Waals surface area contributed by atoms with E-state index in [0.29, 0.717) is 13.1 Å². The summed E-state index contributed by atoms with van der Waals surface area (Å²) in [6.45, 7) is 6.82. The fraction of sp³-hybridized carbons (Fsp3) is 0.375. The van der Waals surface area contributed by atoms with E-state index in [0.717, 1.165) is 37.2 Å². The lowest BCUT2D eigenvalue weighted by molar-refractivity contribution is -0.120. The van der Waals surface area contributed by atoms with Gasteiger partial charge >= 0.3 is 0 Å². The summed E-state index contributed by atoms with van der Waals surface area (Å²) < 4.78 is 26.6. The third-order valence-electron chi connectivity index (χ3n) is 5.65. The molecule has 0 atom stereocenters. The molecule has 10 heteroatoms. The molecule has 0 saturated carbocycles. The Hall–Kier alpha value is -3.24. The summed E-state index contributed by atoms with van der Waals surface area (Å²) in [7, 11) is -3.53. The fourth-order valence-corrected chi connectivity index (χ4v) is 5.21. The largest absolute Gasteiger partial charge is 0.372 e. The second-order valence-electron chi connectivity index (χ2n) is 7.88. The molecule has 1 fully saturated rings. The van der Waals surface area contributed by atoms with Crippen LogP contribution >= 0.6 is 0 Å². The lowest BCUT2D eigenvalue weighted by Gasteiger charge is -2.20. The maximum Gasteiger partial charge on any atom is 0.259 e. The Morgan fingerprint density at radius 1 is 1.00 bits per heavy atom. The van der Waals surface area contributed by atoms with Crippen molar-refractivity contribution in [2.24, 2.45) is 5.10 Å². The van der Waals surface area contributed by atoms with Crippen LogP contribution in [0.5, 0.6) is 0 Å². The molecule has 34 heavy (non-hydrogen) atoms. The summed E-state index contributed by atoms with van der Waals surface area (Å²) in [4.78, 5) is 26.7. The summed E-state index contributed by atoms with van der Waals surface area (Å²) in [5, 5.41) is 6.43. The zero-order valence-corrected chi connectivity index (χ0v) is 20.3. The molecule has 1 aliphatic rings. The molecule has 0 spiro atoms. The van der Waals surface area contributed by atoms with E-state index in [1.807, 2.05) is 24.3 Å². The first-order chi connectivity index (χ1) is 16.3. The van der Waals surface area contributed by atoms with Crippen molar-refractivity contribution in [1.29, 1.82) is 0 Å². The van der Waals surface area contributed by atoms with Crippen LogP contribution in [0.3, 0.4) is 0 Å². The second-order valence-corrected chi connectivity index (χ2v) is 9.81. The first-order valence-corrected chi connectivity index (χ1v) is 12.8. The summed E-state index contributed by atoms with van der Waals surface area (Å²) >= 11 is 0. The van der Waals surface area contributed by atoms with Crippen molar-refractivity contribution in [2.45, 2.75) is 31.6 Å². The second kappa shape index (κ2) is 11.8. The first kappa shape index (κ1) is 25.4. The zero-order valence-electron chi connectivity index (χ0n) is 19.5. The van der Waals surface area contributed by atoms with Gasteiger partial charge in [0.2, 0.25) is 10.0 Å². The molecule has 2 aromatic rings. The molecular formula is C24H31N5O4S. The number of sulfonamides is 1. The fourth-order valence-electron chi connectivity index (χ4n) is 3.70. The van der Waals surface area contributed by atoms with Gasteiger partial charge in [0, 0.05) is 37.4 Å². The van der Waals surface area contributed by atoms with E-state index in [1.165, 1.54) is 34.8 Å². The SMILES string of the molecule is CCN(CC)c1ccc(/C=N\NC(=O)CNC(=O)c2ccc(S(=O)(=O)N3CCCC3)cc2)cc1. The molecule has 0 unspecified atom stereocenters. The highest BCUT2D eigenvalue weighted by Crippen LogP contribution is 2.21. The van der Waals surface area contributed by atoms with Gasteiger partial charge in [-0.2, -0.15) is 9.41 Å². The normalized spacial score (nSPS) is 14.3. The molecule has 1 heterocycles. The molecule has 0 aromatic heterocycles. The van der Waals surface area contributed by atoms with Crippen LogP contribution in [0.15, 0.2) is 58.5 Å². The van der Waals surface area contributed by atoms with Crippen LogP contribution in [-0.4, -0.2) is 63.5 Å². The van der Waals surface area contributed by atoms with Crippen molar-refractivity contribution in [3.63, 3.8) is 0 Å². The number of benzene rings is 2. The molecular weight excluding hydrogens is 454 g/mol. The number of nitrogens with zero attached hydrogens (tertiary/aromatic N) is 3. The number of rotatable bonds is 10. The quantitative estimate of drug-likeness (QED) is 0.396. The van der Waals surface area contributed by atoms with Gasteiger partial charge in [0.1, 0.15) is 0 Å². The van der Waals surface area contributed by atoms with Gasteiger partial charge in [0.05, 0.1) is 17.7 Å². The monoisotopic (exact) mass is 485 g/mol. The number of carbonyl (C=O) groups is 2. The van der Waals surface area contributed by atoms with E-state index >= 15 is 0 Å². The summed E-state index contributed by atoms with van der Waals surface area (Å²) in [5.41, 5.74) is 4.61. The highest BCUT2D eigenvalue weighted by molar-refractivity contribution is 7.89. The Morgan fingerprint density at radius 2 is 1.62 bits per heavy atom. The molecule has 1 aliphatic heterocycles. The first-order valence-electron chi connectivity index (χ1n) is 11.4. The average Bonchev–Trinajstić information content (AvgIpc) is 3.40. The van der Waals surface area contributed by atoms with Gasteiger partial charge in [0.25, 0.3) is 11.8 Å². The maximum atomic E-state index is 12.6. The van der Waals surface area contributed by atoms with Crippen LogP contribution in [-0.2, 0) is 14.8 Å². The van der Waals surface area contributed by atoms with Gasteiger partial charge in [-0.15, -0.1) is 0 Å². The minimum absolute atomic E-state index is 0.156. The highest BCUT2D eigenvalue weighted by atomic mass is 32.2. The van der Waals surface area contributed by atoms with Crippen molar-refractivity contribution in [1.82, 2.24) is 15.0 Å². The molecule has 1 saturated heterocycles. The molecule has 0 aliphatic carbocycles. The standard InChI is InChI=1S/C24H31N5O4S/c1-3-28(4-2)21-11-7-19(8-12-21)17-26-27-23(30)18-25-24(31)20-9-13-22(14-10-20)34(32,33)29-15-5-6-16-29/h7-14,17H,3-6,15-16,18H2,1-2H3,(H,25,31)(H,27,30)/b26-17-. The van der Waals surface area contributed by atoms with E-state index in [2.05, 4.69) is 34.6 Å². The van der Waals surface area contributed by atoms with Crippen LogP contribution in [0.25, 0.3) is 0 Å². The van der Waals surface area contributed by atoms with Gasteiger partial charge in [0.15, 0.2) is 0 Å². The third kappa shape index (κ3) is 6.42. The van der Waals surface area contributed by atoms with Crippen LogP contribution in [0.1, 0.15) is 42.6 Å². The Bertz CT molecular complexity index is 1110. The van der Waals surface area contributed by atoms with Crippen molar-refractivity contribution in [2.75, 3.05) is 37.6 Å². The average molecular weight is 486 g/mol. The molecule has 2 amide bonds. The molecule has 2 aromatic carbocycles. The zero-order chi connectivity index (χ0) is 24.6. The van der Waals surface area contributed by atoms with Crippen LogP contribution in [0.2, 0.25) is 0 Å². The summed E-state index contributed by atoms with van der Waals surface area (Å²) in [5.74, 6) is -0.950. The van der Waals surface area contributed by atoms with Gasteiger partial charge < -0.3 is 10.2 Å². The van der Waals surface area contributed by atoms with Crippen molar-refractivity contribution >= 4 is 33.7 Å². The van der Waals surface area contributed by atoms with E-state index in [1.54, 1.807) is 0 Å². The van der Waals surface area contributed by atoms with E-state index in [4.69, 9.17) is 0 Å². The van der Waals surface area contributed by atoms with Gasteiger partial charge in [-0.3, -0.25) is 9.59 Å². The van der Waals surface area contributed by atoms with Crippen LogP contribution in [0, 0.1) is 0 Å². The molecule has 0 radical (unpaired) electrons. The third-order valence-corrected chi connectivity index (χ3v) is 7.57. The number of hydrazone groups is 1. The van der Waals surface area contributed by atoms with Crippen molar-refractivity contribution in [3.05, 3.63) is 59.7 Å². The lowest BCUT2D eigenvalue weighted by atomic mass is 10.2. The van der Waals surface area contributed by atoms with E-state index in [9.17, 15) is 18.0 Å². The number of anilines is 1. The molecule has 182 valence electrons. The van der Waals surface area contributed by atoms with Gasteiger partial charge in [-0.1, -0.05) is 12.1 Å². The lowest BCUT2D eigenvalue weighted by Crippen LogP contribution is -2.35. The minimum atomic E-state index is -3.53. The maximum absolute atomic E-state index is 12.6. The number of hydrogen-bond donors (Lipinski definition) is 2. The van der Waals surface area contributed by atoms with Crippen molar-refractivity contribution in [3.8, 4) is 0 Å². The molecule has 2 N–H and O–H groups in total. The predicted octanol–water partition coefficient (Wildman–Crippen LogP) is 2.20. The highest BCUT2D eigenvalue weighted by Gasteiger charge is 2.27. The summed E-state index contributed by atoms with van der Waals surface area (Å²) in [6, 6.07) is 13.5. The van der Waals surface area contributed by atoms with E-state index in [-0.39, 0.29) is 17.0 Å². The smallest absolute Gasteiger partial charge is 0.259 e. The Labute approximate surface area is 200 Å². The molecule has 3 rings (SSSR count). The Kier molecular flexibility index (Phi) is 8.78. The number of amides is 2. The Morgan fingerprint density at radius 3 is 2.21 bits per heavy atom. The minimum Gasteiger partial charge on any atom is -0.372 e. The topological polar surface area (TPSA) is 111 Å². The van der Waals surface area contributed by atoms with Crippen molar-refractivity contribution < 1.29 is 18.0 Å². The predicted molar refractivity (Wildman–Crippen MR) is 133 cm³/mol.